The van der Waals surface area contributed by atoms with E-state index in [9.17, 15) is 4.79 Å². The van der Waals surface area contributed by atoms with Gasteiger partial charge < -0.3 is 11.2 Å². The third-order valence-electron chi connectivity index (χ3n) is 3.21. The predicted octanol–water partition coefficient (Wildman–Crippen LogP) is 3.44. The molecule has 0 aliphatic rings. The molecule has 0 bridgehead atoms. The zero-order chi connectivity index (χ0) is 17.8. The second-order valence-electron chi connectivity index (χ2n) is 4.95. The molecule has 3 aromatic rings. The van der Waals surface area contributed by atoms with E-state index in [0.717, 1.165) is 4.88 Å². The number of hydrogen-bond acceptors (Lipinski definition) is 6. The number of thioether (sulfide) groups is 1. The molecule has 2 heterocycles. The van der Waals surface area contributed by atoms with E-state index in [4.69, 9.17) is 29.0 Å². The van der Waals surface area contributed by atoms with Crippen LogP contribution in [0.1, 0.15) is 4.88 Å². The normalized spacial score (nSPS) is 10.8. The SMILES string of the molecule is Nn1c(SCC(=O)NCc2cccs2)nnc1-c1cc(Cl)ccc1Cl. The number of hydrogen-bond donors (Lipinski definition) is 2. The maximum Gasteiger partial charge on any atom is 0.230 e. The van der Waals surface area contributed by atoms with Crippen molar-refractivity contribution in [3.8, 4) is 11.4 Å². The van der Waals surface area contributed by atoms with Crippen LogP contribution >= 0.6 is 46.3 Å². The van der Waals surface area contributed by atoms with Gasteiger partial charge in [0.25, 0.3) is 0 Å². The number of amides is 1. The molecule has 10 heteroatoms. The molecule has 3 N–H and O–H groups in total. The van der Waals surface area contributed by atoms with Crippen LogP contribution in [0.5, 0.6) is 0 Å². The summed E-state index contributed by atoms with van der Waals surface area (Å²) in [6.45, 7) is 0.510. The van der Waals surface area contributed by atoms with E-state index in [1.807, 2.05) is 17.5 Å². The highest BCUT2D eigenvalue weighted by atomic mass is 35.5. The minimum Gasteiger partial charge on any atom is -0.350 e. The number of benzene rings is 1. The molecule has 0 radical (unpaired) electrons. The van der Waals surface area contributed by atoms with E-state index >= 15 is 0 Å². The number of nitrogens with two attached hydrogens (primary N) is 1. The summed E-state index contributed by atoms with van der Waals surface area (Å²) in [6.07, 6.45) is 0. The number of carbonyl (C=O) groups excluding carboxylic acids is 1. The first-order valence-electron chi connectivity index (χ1n) is 7.12. The van der Waals surface area contributed by atoms with E-state index in [2.05, 4.69) is 15.5 Å². The van der Waals surface area contributed by atoms with Crippen LogP contribution in [0.2, 0.25) is 10.0 Å². The van der Waals surface area contributed by atoms with Gasteiger partial charge in [0.1, 0.15) is 0 Å². The van der Waals surface area contributed by atoms with Crippen LogP contribution in [-0.2, 0) is 11.3 Å². The van der Waals surface area contributed by atoms with Gasteiger partial charge in [-0.2, -0.15) is 0 Å². The van der Waals surface area contributed by atoms with Crippen molar-refractivity contribution in [2.75, 3.05) is 11.6 Å². The van der Waals surface area contributed by atoms with Crippen molar-refractivity contribution < 1.29 is 4.79 Å². The molecule has 0 fully saturated rings. The lowest BCUT2D eigenvalue weighted by Gasteiger charge is -2.06. The zero-order valence-corrected chi connectivity index (χ0v) is 15.9. The Labute approximate surface area is 162 Å². The molecule has 0 saturated carbocycles. The number of carbonyl (C=O) groups is 1. The fourth-order valence-electron chi connectivity index (χ4n) is 2.01. The Bertz CT molecular complexity index is 882. The van der Waals surface area contributed by atoms with E-state index in [-0.39, 0.29) is 11.7 Å². The molecule has 0 spiro atoms. The minimum atomic E-state index is -0.108. The highest BCUT2D eigenvalue weighted by Gasteiger charge is 2.16. The second kappa shape index (κ2) is 8.09. The van der Waals surface area contributed by atoms with Crippen LogP contribution in [0.3, 0.4) is 0 Å². The molecular weight excluding hydrogens is 401 g/mol. The van der Waals surface area contributed by atoms with Crippen LogP contribution < -0.4 is 11.2 Å². The van der Waals surface area contributed by atoms with Crippen LogP contribution in [0, 0.1) is 0 Å². The molecule has 0 atom stereocenters. The molecule has 0 saturated heterocycles. The van der Waals surface area contributed by atoms with Crippen LogP contribution in [-0.4, -0.2) is 26.5 Å². The van der Waals surface area contributed by atoms with Gasteiger partial charge in [0.15, 0.2) is 5.82 Å². The molecule has 1 amide bonds. The number of nitrogens with one attached hydrogen (secondary N) is 1. The van der Waals surface area contributed by atoms with E-state index < -0.39 is 0 Å². The number of aromatic nitrogens is 3. The Balaban J connectivity index is 1.63. The van der Waals surface area contributed by atoms with Gasteiger partial charge in [-0.3, -0.25) is 4.79 Å². The summed E-state index contributed by atoms with van der Waals surface area (Å²) in [5, 5.41) is 14.3. The summed E-state index contributed by atoms with van der Waals surface area (Å²) >= 11 is 14.9. The minimum absolute atomic E-state index is 0.108. The van der Waals surface area contributed by atoms with Crippen LogP contribution in [0.25, 0.3) is 11.4 Å². The number of thiophene rings is 1. The molecule has 0 aliphatic heterocycles. The molecule has 0 aliphatic carbocycles. The van der Waals surface area contributed by atoms with Gasteiger partial charge in [-0.25, -0.2) is 4.68 Å². The first-order chi connectivity index (χ1) is 12.0. The standard InChI is InChI=1S/C15H13Cl2N5OS2/c16-9-3-4-12(17)11(6-9)14-20-21-15(22(14)18)25-8-13(23)19-7-10-2-1-5-24-10/h1-6H,7-8,18H2,(H,19,23). The summed E-state index contributed by atoms with van der Waals surface area (Å²) in [7, 11) is 0. The average molecular weight is 414 g/mol. The first-order valence-corrected chi connectivity index (χ1v) is 9.74. The van der Waals surface area contributed by atoms with E-state index in [0.29, 0.717) is 33.1 Å². The van der Waals surface area contributed by atoms with Gasteiger partial charge in [-0.05, 0) is 29.6 Å². The largest absolute Gasteiger partial charge is 0.350 e. The van der Waals surface area contributed by atoms with Crippen LogP contribution in [0.15, 0.2) is 40.9 Å². The fourth-order valence-corrected chi connectivity index (χ4v) is 3.71. The molecule has 6 nitrogen and oxygen atoms in total. The molecule has 1 aromatic carbocycles. The maximum absolute atomic E-state index is 11.9. The molecule has 0 unspecified atom stereocenters. The van der Waals surface area contributed by atoms with Crippen molar-refractivity contribution in [1.29, 1.82) is 0 Å². The van der Waals surface area contributed by atoms with Crippen molar-refractivity contribution in [2.24, 2.45) is 0 Å². The topological polar surface area (TPSA) is 85.8 Å². The number of rotatable bonds is 6. The summed E-state index contributed by atoms with van der Waals surface area (Å²) in [5.41, 5.74) is 0.582. The fraction of sp³-hybridized carbons (Fsp3) is 0.133. The lowest BCUT2D eigenvalue weighted by Crippen LogP contribution is -2.24. The summed E-state index contributed by atoms with van der Waals surface area (Å²) < 4.78 is 1.30. The Kier molecular flexibility index (Phi) is 5.85. The van der Waals surface area contributed by atoms with Crippen molar-refractivity contribution >= 4 is 52.2 Å². The van der Waals surface area contributed by atoms with Crippen molar-refractivity contribution in [3.05, 3.63) is 50.6 Å². The van der Waals surface area contributed by atoms with Gasteiger partial charge in [0, 0.05) is 15.5 Å². The van der Waals surface area contributed by atoms with Crippen molar-refractivity contribution in [2.45, 2.75) is 11.7 Å². The van der Waals surface area contributed by atoms with Crippen LogP contribution in [0.4, 0.5) is 0 Å². The van der Waals surface area contributed by atoms with Crippen molar-refractivity contribution in [1.82, 2.24) is 20.2 Å². The number of nitrogen functional groups attached to an aromatic ring is 1. The summed E-state index contributed by atoms with van der Waals surface area (Å²) in [5.74, 6) is 6.49. The van der Waals surface area contributed by atoms with Gasteiger partial charge in [-0.15, -0.1) is 21.5 Å². The van der Waals surface area contributed by atoms with E-state index in [1.54, 1.807) is 29.5 Å². The third-order valence-corrected chi connectivity index (χ3v) is 5.59. The number of halogens is 2. The van der Waals surface area contributed by atoms with Crippen molar-refractivity contribution in [3.63, 3.8) is 0 Å². The Morgan fingerprint density at radius 3 is 2.92 bits per heavy atom. The summed E-state index contributed by atoms with van der Waals surface area (Å²) in [4.78, 5) is 13.0. The van der Waals surface area contributed by atoms with Gasteiger partial charge in [0.2, 0.25) is 11.1 Å². The molecular formula is C15H13Cl2N5OS2. The lowest BCUT2D eigenvalue weighted by atomic mass is 10.2. The Morgan fingerprint density at radius 1 is 1.32 bits per heavy atom. The maximum atomic E-state index is 11.9. The molecule has 25 heavy (non-hydrogen) atoms. The quantitative estimate of drug-likeness (QED) is 0.477. The second-order valence-corrected chi connectivity index (χ2v) is 7.76. The Hall–Kier alpha value is -1.74. The van der Waals surface area contributed by atoms with Gasteiger partial charge in [0.05, 0.1) is 17.3 Å². The van der Waals surface area contributed by atoms with E-state index in [1.165, 1.54) is 16.4 Å². The zero-order valence-electron chi connectivity index (χ0n) is 12.8. The van der Waals surface area contributed by atoms with Gasteiger partial charge >= 0.3 is 0 Å². The molecule has 130 valence electrons. The Morgan fingerprint density at radius 2 is 2.16 bits per heavy atom. The highest BCUT2D eigenvalue weighted by Crippen LogP contribution is 2.30. The molecule has 2 aromatic heterocycles. The average Bonchev–Trinajstić information content (AvgIpc) is 3.23. The highest BCUT2D eigenvalue weighted by molar-refractivity contribution is 7.99. The number of nitrogens with zero attached hydrogens (tertiary/aromatic N) is 3. The smallest absolute Gasteiger partial charge is 0.230 e. The molecule has 3 rings (SSSR count). The third kappa shape index (κ3) is 4.46. The summed E-state index contributed by atoms with van der Waals surface area (Å²) in [6, 6.07) is 8.92. The lowest BCUT2D eigenvalue weighted by molar-refractivity contribution is -0.118. The van der Waals surface area contributed by atoms with Gasteiger partial charge in [-0.1, -0.05) is 41.0 Å². The first kappa shape index (κ1) is 18.1. The monoisotopic (exact) mass is 413 g/mol. The predicted molar refractivity (Wildman–Crippen MR) is 103 cm³/mol.